The molecule has 1 aromatic carbocycles. The number of carbonyl (C=O) groups is 1. The zero-order chi connectivity index (χ0) is 10.0. The summed E-state index contributed by atoms with van der Waals surface area (Å²) in [6.07, 6.45) is 0. The minimum absolute atomic E-state index is 0.0231. The molecule has 0 bridgehead atoms. The van der Waals surface area contributed by atoms with Gasteiger partial charge in [0, 0.05) is 0 Å². The van der Waals surface area contributed by atoms with Crippen LogP contribution in [0, 0.1) is 5.82 Å². The Labute approximate surface area is 80.3 Å². The maximum atomic E-state index is 13.1. The molecule has 0 aliphatic heterocycles. The number of halogens is 2. The highest BCUT2D eigenvalue weighted by Crippen LogP contribution is 2.29. The van der Waals surface area contributed by atoms with Crippen molar-refractivity contribution in [3.05, 3.63) is 28.5 Å². The summed E-state index contributed by atoms with van der Waals surface area (Å²) in [4.78, 5) is 11.0. The van der Waals surface area contributed by atoms with Crippen molar-refractivity contribution in [1.29, 1.82) is 0 Å². The van der Waals surface area contributed by atoms with Crippen LogP contribution < -0.4 is 4.74 Å². The van der Waals surface area contributed by atoms with Gasteiger partial charge in [0.2, 0.25) is 0 Å². The molecule has 0 amide bonds. The standard InChI is InChI=1S/C9H8ClFO2/c1-5(12)8-6(11)3-4-7(13-2)9(8)10/h3-4H,1-2H3. The van der Waals surface area contributed by atoms with E-state index in [-0.39, 0.29) is 10.6 Å². The van der Waals surface area contributed by atoms with Gasteiger partial charge in [0.1, 0.15) is 11.6 Å². The van der Waals surface area contributed by atoms with Gasteiger partial charge < -0.3 is 4.74 Å². The molecule has 0 aliphatic rings. The van der Waals surface area contributed by atoms with Crippen LogP contribution >= 0.6 is 11.6 Å². The van der Waals surface area contributed by atoms with E-state index in [1.165, 1.54) is 20.1 Å². The van der Waals surface area contributed by atoms with Crippen LogP contribution in [0.3, 0.4) is 0 Å². The zero-order valence-electron chi connectivity index (χ0n) is 7.23. The van der Waals surface area contributed by atoms with E-state index in [1.54, 1.807) is 0 Å². The average Bonchev–Trinajstić information content (AvgIpc) is 2.04. The summed E-state index contributed by atoms with van der Waals surface area (Å²) in [6, 6.07) is 2.53. The van der Waals surface area contributed by atoms with Crippen molar-refractivity contribution in [3.8, 4) is 5.75 Å². The fraction of sp³-hybridized carbons (Fsp3) is 0.222. The number of rotatable bonds is 2. The van der Waals surface area contributed by atoms with Crippen LogP contribution in [0.2, 0.25) is 5.02 Å². The van der Waals surface area contributed by atoms with Crippen molar-refractivity contribution >= 4 is 17.4 Å². The molecule has 70 valence electrons. The molecule has 0 atom stereocenters. The zero-order valence-corrected chi connectivity index (χ0v) is 7.98. The molecule has 4 heteroatoms. The smallest absolute Gasteiger partial charge is 0.164 e. The third-order valence-electron chi connectivity index (χ3n) is 1.63. The molecule has 0 N–H and O–H groups in total. The van der Waals surface area contributed by atoms with E-state index in [1.807, 2.05) is 0 Å². The van der Waals surface area contributed by atoms with Gasteiger partial charge in [0.25, 0.3) is 0 Å². The summed E-state index contributed by atoms with van der Waals surface area (Å²) in [6.45, 7) is 1.25. The number of carbonyl (C=O) groups excluding carboxylic acids is 1. The Morgan fingerprint density at radius 2 is 2.15 bits per heavy atom. The van der Waals surface area contributed by atoms with Crippen LogP contribution in [0.15, 0.2) is 12.1 Å². The Morgan fingerprint density at radius 3 is 2.62 bits per heavy atom. The third kappa shape index (κ3) is 1.80. The molecule has 0 aliphatic carbocycles. The summed E-state index contributed by atoms with van der Waals surface area (Å²) >= 11 is 5.72. The van der Waals surface area contributed by atoms with Gasteiger partial charge in [-0.05, 0) is 19.1 Å². The molecule has 13 heavy (non-hydrogen) atoms. The molecule has 0 aromatic heterocycles. The lowest BCUT2D eigenvalue weighted by Crippen LogP contribution is -2.00. The van der Waals surface area contributed by atoms with Crippen molar-refractivity contribution in [3.63, 3.8) is 0 Å². The predicted octanol–water partition coefficient (Wildman–Crippen LogP) is 2.69. The Hall–Kier alpha value is -1.09. The van der Waals surface area contributed by atoms with Crippen LogP contribution in [0.4, 0.5) is 4.39 Å². The largest absolute Gasteiger partial charge is 0.495 e. The normalized spacial score (nSPS) is 9.85. The second-order valence-electron chi connectivity index (χ2n) is 2.49. The number of hydrogen-bond donors (Lipinski definition) is 0. The number of ketones is 1. The monoisotopic (exact) mass is 202 g/mol. The van der Waals surface area contributed by atoms with Gasteiger partial charge in [0.05, 0.1) is 17.7 Å². The predicted molar refractivity (Wildman–Crippen MR) is 48.0 cm³/mol. The number of methoxy groups -OCH3 is 1. The van der Waals surface area contributed by atoms with Crippen LogP contribution in [0.25, 0.3) is 0 Å². The lowest BCUT2D eigenvalue weighted by molar-refractivity contribution is 0.101. The van der Waals surface area contributed by atoms with E-state index < -0.39 is 11.6 Å². The number of hydrogen-bond acceptors (Lipinski definition) is 2. The molecule has 0 spiro atoms. The first-order valence-electron chi connectivity index (χ1n) is 3.61. The Kier molecular flexibility index (Phi) is 2.88. The second kappa shape index (κ2) is 3.75. The van der Waals surface area contributed by atoms with E-state index in [4.69, 9.17) is 16.3 Å². The molecule has 0 fully saturated rings. The Morgan fingerprint density at radius 1 is 1.54 bits per heavy atom. The van der Waals surface area contributed by atoms with E-state index in [9.17, 15) is 9.18 Å². The maximum Gasteiger partial charge on any atom is 0.164 e. The number of ether oxygens (including phenoxy) is 1. The number of benzene rings is 1. The van der Waals surface area contributed by atoms with Crippen LogP contribution in [-0.2, 0) is 0 Å². The third-order valence-corrected chi connectivity index (χ3v) is 2.00. The topological polar surface area (TPSA) is 26.3 Å². The van der Waals surface area contributed by atoms with E-state index in [0.717, 1.165) is 6.07 Å². The van der Waals surface area contributed by atoms with E-state index in [2.05, 4.69) is 0 Å². The summed E-state index contributed by atoms with van der Waals surface area (Å²) in [5.74, 6) is -0.743. The molecule has 0 saturated carbocycles. The first-order valence-corrected chi connectivity index (χ1v) is 3.98. The highest BCUT2D eigenvalue weighted by atomic mass is 35.5. The van der Waals surface area contributed by atoms with Crippen molar-refractivity contribution in [2.45, 2.75) is 6.92 Å². The minimum atomic E-state index is -0.627. The van der Waals surface area contributed by atoms with E-state index in [0.29, 0.717) is 5.75 Å². The molecule has 0 heterocycles. The SMILES string of the molecule is COc1ccc(F)c(C(C)=O)c1Cl. The second-order valence-corrected chi connectivity index (χ2v) is 2.87. The fourth-order valence-corrected chi connectivity index (χ4v) is 1.38. The molecule has 0 saturated heterocycles. The van der Waals surface area contributed by atoms with Gasteiger partial charge in [-0.15, -0.1) is 0 Å². The first-order chi connectivity index (χ1) is 6.07. The quantitative estimate of drug-likeness (QED) is 0.690. The fourth-order valence-electron chi connectivity index (χ4n) is 1.01. The Balaban J connectivity index is 3.38. The molecule has 0 radical (unpaired) electrons. The van der Waals surface area contributed by atoms with E-state index >= 15 is 0 Å². The summed E-state index contributed by atoms with van der Waals surface area (Å²) < 4.78 is 17.9. The summed E-state index contributed by atoms with van der Waals surface area (Å²) in [5.41, 5.74) is -0.124. The van der Waals surface area contributed by atoms with Gasteiger partial charge in [-0.2, -0.15) is 0 Å². The van der Waals surface area contributed by atoms with Gasteiger partial charge in [-0.1, -0.05) is 11.6 Å². The van der Waals surface area contributed by atoms with Crippen LogP contribution in [0.5, 0.6) is 5.75 Å². The van der Waals surface area contributed by atoms with Crippen LogP contribution in [0.1, 0.15) is 17.3 Å². The molecular formula is C9H8ClFO2. The molecule has 1 rings (SSSR count). The lowest BCUT2D eigenvalue weighted by Gasteiger charge is -2.06. The minimum Gasteiger partial charge on any atom is -0.495 e. The van der Waals surface area contributed by atoms with Gasteiger partial charge >= 0.3 is 0 Å². The summed E-state index contributed by atoms with van der Waals surface area (Å²) in [7, 11) is 1.41. The maximum absolute atomic E-state index is 13.1. The van der Waals surface area contributed by atoms with Crippen molar-refractivity contribution < 1.29 is 13.9 Å². The van der Waals surface area contributed by atoms with Gasteiger partial charge in [-0.25, -0.2) is 4.39 Å². The highest BCUT2D eigenvalue weighted by molar-refractivity contribution is 6.35. The molecule has 0 unspecified atom stereocenters. The summed E-state index contributed by atoms with van der Waals surface area (Å²) in [5, 5.41) is 0.0231. The van der Waals surface area contributed by atoms with Crippen molar-refractivity contribution in [2.24, 2.45) is 0 Å². The van der Waals surface area contributed by atoms with Crippen molar-refractivity contribution in [2.75, 3.05) is 7.11 Å². The lowest BCUT2D eigenvalue weighted by atomic mass is 10.1. The number of Topliss-reactive ketones (excluding diaryl/α,β-unsaturated/α-hetero) is 1. The van der Waals surface area contributed by atoms with Gasteiger partial charge in [-0.3, -0.25) is 4.79 Å². The highest BCUT2D eigenvalue weighted by Gasteiger charge is 2.15. The van der Waals surface area contributed by atoms with Gasteiger partial charge in [0.15, 0.2) is 5.78 Å². The average molecular weight is 203 g/mol. The Bertz CT molecular complexity index is 350. The molecule has 2 nitrogen and oxygen atoms in total. The molecular weight excluding hydrogens is 195 g/mol. The first kappa shape index (κ1) is 9.99. The van der Waals surface area contributed by atoms with Crippen molar-refractivity contribution in [1.82, 2.24) is 0 Å². The van der Waals surface area contributed by atoms with Crippen LogP contribution in [-0.4, -0.2) is 12.9 Å². The molecule has 1 aromatic rings.